The van der Waals surface area contributed by atoms with Crippen LogP contribution < -0.4 is 33.8 Å². The minimum Gasteiger partial charge on any atom is -0.487 e. The number of esters is 5. The number of benzene rings is 3. The summed E-state index contributed by atoms with van der Waals surface area (Å²) in [7, 11) is 0. The lowest BCUT2D eigenvalue weighted by Gasteiger charge is -2.38. The lowest BCUT2D eigenvalue weighted by Crippen LogP contribution is -2.37. The van der Waals surface area contributed by atoms with Gasteiger partial charge in [-0.05, 0) is 106 Å². The van der Waals surface area contributed by atoms with E-state index in [1.54, 1.807) is 0 Å². The molecule has 3 atom stereocenters. The molecule has 3 aromatic carbocycles. The van der Waals surface area contributed by atoms with Crippen molar-refractivity contribution in [1.82, 2.24) is 0 Å². The van der Waals surface area contributed by atoms with Crippen molar-refractivity contribution < 1.29 is 56.8 Å². The molecule has 0 radical (unpaired) electrons. The van der Waals surface area contributed by atoms with Crippen molar-refractivity contribution in [3.8, 4) is 45.8 Å². The number of rotatable bonds is 21. The molecule has 1 aliphatic heterocycles. The maximum atomic E-state index is 13.6. The zero-order valence-corrected chi connectivity index (χ0v) is 41.2. The Bertz CT molecular complexity index is 2530. The molecule has 13 heteroatoms. The van der Waals surface area contributed by atoms with Gasteiger partial charge in [0.1, 0.15) is 45.3 Å². The maximum absolute atomic E-state index is 13.6. The number of ether oxygens (including phenoxy) is 6. The molecular formula is C54H68O13. The van der Waals surface area contributed by atoms with E-state index in [1.807, 2.05) is 20.8 Å². The third-order valence-corrected chi connectivity index (χ3v) is 12.6. The van der Waals surface area contributed by atoms with Crippen LogP contribution in [-0.4, -0.2) is 35.4 Å². The van der Waals surface area contributed by atoms with Crippen LogP contribution in [0, 0.1) is 38.5 Å². The SMILES string of the molecule is CC(=O)Oc1cc(OC(=O)CCC(=O)Oc2c(C)c(C)c3c(c2C)CCC(C)(CCCC(C)CCCC(C)CCCC(C)C)O3)c2c(=O)cc(-c3ccc(OC(C)=O)c(OC(C)=O)c3)oc2c1. The summed E-state index contributed by atoms with van der Waals surface area (Å²) in [5, 5.41) is -0.140. The number of carbonyl (C=O) groups excluding carboxylic acids is 5. The lowest BCUT2D eigenvalue weighted by molar-refractivity contribution is -0.140. The van der Waals surface area contributed by atoms with Crippen LogP contribution in [0.2, 0.25) is 0 Å². The van der Waals surface area contributed by atoms with Crippen LogP contribution in [0.5, 0.6) is 34.5 Å². The van der Waals surface area contributed by atoms with Crippen molar-refractivity contribution >= 4 is 40.8 Å². The molecule has 0 saturated carbocycles. The molecule has 362 valence electrons. The van der Waals surface area contributed by atoms with Crippen LogP contribution in [0.15, 0.2) is 45.6 Å². The van der Waals surface area contributed by atoms with Crippen LogP contribution in [0.4, 0.5) is 0 Å². The van der Waals surface area contributed by atoms with Gasteiger partial charge in [0, 0.05) is 50.1 Å². The summed E-state index contributed by atoms with van der Waals surface area (Å²) in [4.78, 5) is 75.6. The Morgan fingerprint density at radius 2 is 1.25 bits per heavy atom. The molecule has 4 aromatic rings. The molecule has 67 heavy (non-hydrogen) atoms. The summed E-state index contributed by atoms with van der Waals surface area (Å²) >= 11 is 0. The lowest BCUT2D eigenvalue weighted by atomic mass is 9.83. The first-order valence-electron chi connectivity index (χ1n) is 23.7. The van der Waals surface area contributed by atoms with Crippen LogP contribution in [-0.2, 0) is 30.4 Å². The molecule has 2 heterocycles. The van der Waals surface area contributed by atoms with Gasteiger partial charge in [-0.15, -0.1) is 0 Å². The molecule has 5 rings (SSSR count). The summed E-state index contributed by atoms with van der Waals surface area (Å²) in [6, 6.07) is 7.82. The Morgan fingerprint density at radius 1 is 0.657 bits per heavy atom. The van der Waals surface area contributed by atoms with E-state index in [0.29, 0.717) is 11.7 Å². The summed E-state index contributed by atoms with van der Waals surface area (Å²) in [5.41, 5.74) is 2.78. The average molecular weight is 925 g/mol. The van der Waals surface area contributed by atoms with Crippen molar-refractivity contribution in [3.63, 3.8) is 0 Å². The smallest absolute Gasteiger partial charge is 0.311 e. The van der Waals surface area contributed by atoms with E-state index < -0.39 is 41.7 Å². The number of carbonyl (C=O) groups is 5. The second-order valence-corrected chi connectivity index (χ2v) is 19.1. The molecule has 1 aromatic heterocycles. The monoisotopic (exact) mass is 924 g/mol. The van der Waals surface area contributed by atoms with Gasteiger partial charge in [0.05, 0.1) is 12.8 Å². The summed E-state index contributed by atoms with van der Waals surface area (Å²) in [5.74, 6) is -0.427. The Hall–Kier alpha value is -5.98. The molecular weight excluding hydrogens is 857 g/mol. The highest BCUT2D eigenvalue weighted by atomic mass is 16.6. The van der Waals surface area contributed by atoms with Gasteiger partial charge in [-0.25, -0.2) is 0 Å². The van der Waals surface area contributed by atoms with Gasteiger partial charge >= 0.3 is 29.8 Å². The molecule has 3 unspecified atom stereocenters. The van der Waals surface area contributed by atoms with E-state index in [4.69, 9.17) is 32.8 Å². The molecule has 0 spiro atoms. The Morgan fingerprint density at radius 3 is 1.88 bits per heavy atom. The van der Waals surface area contributed by atoms with Crippen molar-refractivity contribution in [3.05, 3.63) is 68.9 Å². The van der Waals surface area contributed by atoms with Crippen molar-refractivity contribution in [2.24, 2.45) is 17.8 Å². The van der Waals surface area contributed by atoms with Crippen molar-refractivity contribution in [2.45, 2.75) is 165 Å². The number of hydrogen-bond donors (Lipinski definition) is 0. The third kappa shape index (κ3) is 14.5. The van der Waals surface area contributed by atoms with Gasteiger partial charge in [-0.1, -0.05) is 72.6 Å². The van der Waals surface area contributed by atoms with E-state index in [0.717, 1.165) is 71.6 Å². The van der Waals surface area contributed by atoms with Crippen molar-refractivity contribution in [1.29, 1.82) is 0 Å². The van der Waals surface area contributed by atoms with Gasteiger partial charge in [0.2, 0.25) is 0 Å². The molecule has 0 bridgehead atoms. The largest absolute Gasteiger partial charge is 0.487 e. The first-order valence-corrected chi connectivity index (χ1v) is 23.7. The van der Waals surface area contributed by atoms with E-state index >= 15 is 0 Å². The van der Waals surface area contributed by atoms with Gasteiger partial charge in [0.25, 0.3) is 0 Å². The van der Waals surface area contributed by atoms with Gasteiger partial charge < -0.3 is 32.8 Å². The van der Waals surface area contributed by atoms with E-state index in [1.165, 1.54) is 96.0 Å². The fraction of sp³-hybridized carbons (Fsp3) is 0.519. The second-order valence-electron chi connectivity index (χ2n) is 19.1. The quantitative estimate of drug-likeness (QED) is 0.0571. The first-order chi connectivity index (χ1) is 31.6. The molecule has 0 saturated heterocycles. The second kappa shape index (κ2) is 23.2. The van der Waals surface area contributed by atoms with Crippen LogP contribution >= 0.6 is 0 Å². The molecule has 0 fully saturated rings. The van der Waals surface area contributed by atoms with Crippen molar-refractivity contribution in [2.75, 3.05) is 0 Å². The van der Waals surface area contributed by atoms with E-state index in [9.17, 15) is 28.8 Å². The molecule has 0 amide bonds. The predicted molar refractivity (Wildman–Crippen MR) is 255 cm³/mol. The maximum Gasteiger partial charge on any atom is 0.311 e. The Labute approximate surface area is 394 Å². The topological polar surface area (TPSA) is 171 Å². The fourth-order valence-electron chi connectivity index (χ4n) is 8.77. The first kappa shape index (κ1) is 52.0. The minimum atomic E-state index is -0.854. The van der Waals surface area contributed by atoms with Crippen LogP contribution in [0.25, 0.3) is 22.3 Å². The normalized spacial score (nSPS) is 15.3. The summed E-state index contributed by atoms with van der Waals surface area (Å²) in [6.45, 7) is 20.9. The summed E-state index contributed by atoms with van der Waals surface area (Å²) < 4.78 is 40.0. The van der Waals surface area contributed by atoms with Gasteiger partial charge in [-0.3, -0.25) is 28.8 Å². The fourth-order valence-corrected chi connectivity index (χ4v) is 8.77. The zero-order chi connectivity index (χ0) is 49.2. The molecule has 0 N–H and O–H groups in total. The van der Waals surface area contributed by atoms with Crippen LogP contribution in [0.1, 0.15) is 155 Å². The highest BCUT2D eigenvalue weighted by Crippen LogP contribution is 2.45. The van der Waals surface area contributed by atoms with E-state index in [2.05, 4.69) is 34.6 Å². The minimum absolute atomic E-state index is 0.00248. The van der Waals surface area contributed by atoms with Gasteiger partial charge in [0.15, 0.2) is 16.9 Å². The van der Waals surface area contributed by atoms with E-state index in [-0.39, 0.29) is 57.3 Å². The zero-order valence-electron chi connectivity index (χ0n) is 41.2. The summed E-state index contributed by atoms with van der Waals surface area (Å²) in [6.07, 6.45) is 12.0. The number of fused-ring (bicyclic) bond motifs is 2. The van der Waals surface area contributed by atoms with Gasteiger partial charge in [-0.2, -0.15) is 0 Å². The highest BCUT2D eigenvalue weighted by molar-refractivity contribution is 5.90. The molecule has 1 aliphatic rings. The average Bonchev–Trinajstić information content (AvgIpc) is 3.23. The highest BCUT2D eigenvalue weighted by Gasteiger charge is 2.35. The van der Waals surface area contributed by atoms with Crippen LogP contribution in [0.3, 0.4) is 0 Å². The number of hydrogen-bond acceptors (Lipinski definition) is 13. The Kier molecular flexibility index (Phi) is 18.0. The third-order valence-electron chi connectivity index (χ3n) is 12.6. The molecule has 0 aliphatic carbocycles. The standard InChI is InChI=1S/C54H68O13/c1-31(2)15-12-16-32(3)17-13-18-33(4)19-14-25-54(11)26-24-42-36(7)52(34(5)35(6)53(42)67-54)66-50(60)23-22-49(59)65-48-29-41(61-37(8)55)28-47-51(48)43(58)30-45(64-47)40-20-21-44(62-38(9)56)46(27-40)63-39(10)57/h20-21,27-33H,12-19,22-26H2,1-11H3. The Balaban J connectivity index is 1.22. The predicted octanol–water partition coefficient (Wildman–Crippen LogP) is 12.0. The molecule has 13 nitrogen and oxygen atoms in total.